The average Bonchev–Trinajstić information content (AvgIpc) is 2.99. The maximum atomic E-state index is 13.5. The first kappa shape index (κ1) is 15.2. The second-order valence-corrected chi connectivity index (χ2v) is 7.06. The predicted octanol–water partition coefficient (Wildman–Crippen LogP) is 3.52. The van der Waals surface area contributed by atoms with Gasteiger partial charge in [-0.1, -0.05) is 54.6 Å². The van der Waals surface area contributed by atoms with E-state index in [9.17, 15) is 9.90 Å². The van der Waals surface area contributed by atoms with Gasteiger partial charge in [-0.15, -0.1) is 0 Å². The molecule has 0 aromatic heterocycles. The standard InChI is InChI=1S/C23H18NO2/c1-22-18-14-8-9-15-19(18)23(26,21(22)25)24(17-12-6-3-7-13-17)20(22)16-10-4-2-5-11-16/h2-15,26H,1H3/q+1/t22-,23+/m1/s1. The molecule has 0 radical (unpaired) electrons. The van der Waals surface area contributed by atoms with Gasteiger partial charge in [-0.3, -0.25) is 4.79 Å². The highest BCUT2D eigenvalue weighted by Gasteiger charge is 2.75. The lowest BCUT2D eigenvalue weighted by Crippen LogP contribution is -2.39. The van der Waals surface area contributed by atoms with Crippen LogP contribution >= 0.6 is 0 Å². The minimum atomic E-state index is -1.68. The molecule has 1 aliphatic heterocycles. The summed E-state index contributed by atoms with van der Waals surface area (Å²) in [6.45, 7) is 1.93. The van der Waals surface area contributed by atoms with Crippen molar-refractivity contribution in [3.05, 3.63) is 102 Å². The summed E-state index contributed by atoms with van der Waals surface area (Å²) < 4.78 is 1.81. The summed E-state index contributed by atoms with van der Waals surface area (Å²) in [5.74, 6) is -0.186. The number of hydrogen-bond acceptors (Lipinski definition) is 2. The van der Waals surface area contributed by atoms with Gasteiger partial charge in [-0.05, 0) is 30.7 Å². The molecule has 5 rings (SSSR count). The number of nitrogens with zero attached hydrogens (tertiary/aromatic N) is 1. The van der Waals surface area contributed by atoms with Crippen LogP contribution < -0.4 is 0 Å². The monoisotopic (exact) mass is 340 g/mol. The van der Waals surface area contributed by atoms with Crippen molar-refractivity contribution in [2.24, 2.45) is 0 Å². The first-order valence-electron chi connectivity index (χ1n) is 8.75. The van der Waals surface area contributed by atoms with Crippen molar-refractivity contribution < 1.29 is 14.5 Å². The molecular formula is C23H18NO2+. The number of ketones is 1. The van der Waals surface area contributed by atoms with E-state index in [-0.39, 0.29) is 5.78 Å². The summed E-state index contributed by atoms with van der Waals surface area (Å²) in [5.41, 5.74) is 1.57. The Hall–Kier alpha value is -3.04. The zero-order chi connectivity index (χ0) is 17.9. The fourth-order valence-corrected chi connectivity index (χ4v) is 4.57. The predicted molar refractivity (Wildman–Crippen MR) is 99.6 cm³/mol. The molecule has 0 amide bonds. The van der Waals surface area contributed by atoms with Gasteiger partial charge < -0.3 is 5.11 Å². The molecule has 1 N–H and O–H groups in total. The number of aliphatic hydroxyl groups is 1. The first-order chi connectivity index (χ1) is 12.6. The summed E-state index contributed by atoms with van der Waals surface area (Å²) in [6, 6.07) is 27.1. The third-order valence-electron chi connectivity index (χ3n) is 5.69. The quantitative estimate of drug-likeness (QED) is 0.725. The Kier molecular flexibility index (Phi) is 2.92. The number of benzene rings is 3. The summed E-state index contributed by atoms with van der Waals surface area (Å²) >= 11 is 0. The molecule has 3 aromatic carbocycles. The van der Waals surface area contributed by atoms with Crippen molar-refractivity contribution in [2.45, 2.75) is 18.1 Å². The largest absolute Gasteiger partial charge is 0.360 e. The van der Waals surface area contributed by atoms with Crippen molar-refractivity contribution >= 4 is 17.2 Å². The van der Waals surface area contributed by atoms with Gasteiger partial charge in [0.25, 0.3) is 5.78 Å². The normalized spacial score (nSPS) is 26.3. The number of Topliss-reactive ketones (excluding diaryl/α,β-unsaturated/α-hetero) is 1. The topological polar surface area (TPSA) is 40.3 Å². The van der Waals surface area contributed by atoms with Crippen molar-refractivity contribution in [3.8, 4) is 0 Å². The van der Waals surface area contributed by atoms with E-state index in [1.807, 2.05) is 96.4 Å². The van der Waals surface area contributed by atoms with E-state index >= 15 is 0 Å². The van der Waals surface area contributed by atoms with Crippen LogP contribution in [0.4, 0.5) is 5.69 Å². The Morgan fingerprint density at radius 2 is 1.31 bits per heavy atom. The van der Waals surface area contributed by atoms with E-state index in [2.05, 4.69) is 0 Å². The number of rotatable bonds is 2. The number of hydrogen-bond donors (Lipinski definition) is 1. The summed E-state index contributed by atoms with van der Waals surface area (Å²) in [6.07, 6.45) is 0. The molecule has 1 heterocycles. The van der Waals surface area contributed by atoms with E-state index in [1.54, 1.807) is 0 Å². The van der Waals surface area contributed by atoms with Crippen molar-refractivity contribution in [1.82, 2.24) is 0 Å². The van der Waals surface area contributed by atoms with E-state index in [1.165, 1.54) is 0 Å². The van der Waals surface area contributed by atoms with Crippen LogP contribution in [0, 0.1) is 0 Å². The number of carbonyl (C=O) groups is 1. The molecule has 2 aliphatic rings. The summed E-state index contributed by atoms with van der Waals surface area (Å²) in [5, 5.41) is 11.7. The third-order valence-corrected chi connectivity index (χ3v) is 5.69. The molecule has 0 fully saturated rings. The molecule has 0 unspecified atom stereocenters. The Bertz CT molecular complexity index is 987. The summed E-state index contributed by atoms with van der Waals surface area (Å²) in [7, 11) is 0. The zero-order valence-electron chi connectivity index (χ0n) is 14.4. The van der Waals surface area contributed by atoms with Crippen LogP contribution in [0.1, 0.15) is 23.6 Å². The van der Waals surface area contributed by atoms with Crippen molar-refractivity contribution in [3.63, 3.8) is 0 Å². The molecular weight excluding hydrogens is 322 g/mol. The Labute approximate surface area is 151 Å². The SMILES string of the molecule is C[C@@]12C(=O)[C@@](O)(c3ccccc31)[N+](c1ccccc1)=C2c1ccccc1. The number of para-hydroxylation sites is 1. The first-order valence-corrected chi connectivity index (χ1v) is 8.75. The molecule has 26 heavy (non-hydrogen) atoms. The van der Waals surface area contributed by atoms with Gasteiger partial charge in [0.05, 0.1) is 5.56 Å². The molecule has 126 valence electrons. The molecule has 1 aliphatic carbocycles. The van der Waals surface area contributed by atoms with Crippen LogP contribution in [-0.4, -0.2) is 21.2 Å². The molecule has 2 atom stereocenters. The van der Waals surface area contributed by atoms with E-state index in [0.717, 1.165) is 22.5 Å². The van der Waals surface area contributed by atoms with Crippen molar-refractivity contribution in [2.75, 3.05) is 0 Å². The van der Waals surface area contributed by atoms with Crippen LogP contribution in [0.2, 0.25) is 0 Å². The highest BCUT2D eigenvalue weighted by Crippen LogP contribution is 2.54. The Balaban J connectivity index is 1.94. The van der Waals surface area contributed by atoms with Crippen LogP contribution in [0.15, 0.2) is 84.9 Å². The molecule has 0 saturated carbocycles. The molecule has 3 heteroatoms. The highest BCUT2D eigenvalue weighted by molar-refractivity contribution is 6.26. The second kappa shape index (κ2) is 4.99. The zero-order valence-corrected chi connectivity index (χ0v) is 14.4. The average molecular weight is 340 g/mol. The van der Waals surface area contributed by atoms with Crippen LogP contribution in [0.3, 0.4) is 0 Å². The Morgan fingerprint density at radius 1 is 0.769 bits per heavy atom. The lowest BCUT2D eigenvalue weighted by Gasteiger charge is -2.24. The van der Waals surface area contributed by atoms with Crippen LogP contribution in [0.25, 0.3) is 0 Å². The highest BCUT2D eigenvalue weighted by atomic mass is 16.3. The molecule has 3 nitrogen and oxygen atoms in total. The van der Waals surface area contributed by atoms with Gasteiger partial charge in [-0.2, -0.15) is 4.58 Å². The van der Waals surface area contributed by atoms with Gasteiger partial charge in [0.2, 0.25) is 11.4 Å². The van der Waals surface area contributed by atoms with Crippen LogP contribution in [0.5, 0.6) is 0 Å². The van der Waals surface area contributed by atoms with Gasteiger partial charge in [0.1, 0.15) is 5.41 Å². The van der Waals surface area contributed by atoms with Crippen molar-refractivity contribution in [1.29, 1.82) is 0 Å². The van der Waals surface area contributed by atoms with E-state index < -0.39 is 11.1 Å². The maximum absolute atomic E-state index is 13.5. The molecule has 0 saturated heterocycles. The van der Waals surface area contributed by atoms with Gasteiger partial charge in [-0.25, -0.2) is 0 Å². The summed E-state index contributed by atoms with van der Waals surface area (Å²) in [4.78, 5) is 13.5. The smallest absolute Gasteiger partial charge is 0.324 e. The fourth-order valence-electron chi connectivity index (χ4n) is 4.57. The number of carbonyl (C=O) groups excluding carboxylic acids is 1. The van der Waals surface area contributed by atoms with E-state index in [4.69, 9.17) is 0 Å². The minimum absolute atomic E-state index is 0.186. The number of fused-ring (bicyclic) bond motifs is 5. The van der Waals surface area contributed by atoms with E-state index in [0.29, 0.717) is 5.56 Å². The lowest BCUT2D eigenvalue weighted by atomic mass is 9.76. The third kappa shape index (κ3) is 1.61. The Morgan fingerprint density at radius 3 is 1.96 bits per heavy atom. The lowest BCUT2D eigenvalue weighted by molar-refractivity contribution is -0.577. The second-order valence-electron chi connectivity index (χ2n) is 7.06. The van der Waals surface area contributed by atoms with Gasteiger partial charge >= 0.3 is 5.72 Å². The molecule has 0 spiro atoms. The fraction of sp³-hybridized carbons (Fsp3) is 0.130. The molecule has 3 aromatic rings. The van der Waals surface area contributed by atoms with Crippen LogP contribution in [-0.2, 0) is 15.9 Å². The van der Waals surface area contributed by atoms with Gasteiger partial charge in [0.15, 0.2) is 0 Å². The van der Waals surface area contributed by atoms with Gasteiger partial charge in [0, 0.05) is 17.7 Å². The minimum Gasteiger partial charge on any atom is -0.324 e. The molecule has 2 bridgehead atoms. The maximum Gasteiger partial charge on any atom is 0.360 e.